The van der Waals surface area contributed by atoms with Crippen molar-refractivity contribution in [3.8, 4) is 17.2 Å². The molecule has 4 rings (SSSR count). The van der Waals surface area contributed by atoms with Crippen LogP contribution >= 0.6 is 45.8 Å². The number of halogens is 3. The third-order valence-corrected chi connectivity index (χ3v) is 6.51. The Morgan fingerprint density at radius 2 is 1.84 bits per heavy atom. The summed E-state index contributed by atoms with van der Waals surface area (Å²) >= 11 is 14.4. The van der Waals surface area contributed by atoms with Crippen LogP contribution in [0.5, 0.6) is 17.2 Å². The fourth-order valence-electron chi connectivity index (χ4n) is 3.46. The molecule has 7 nitrogen and oxygen atoms in total. The van der Waals surface area contributed by atoms with Crippen molar-refractivity contribution in [3.63, 3.8) is 0 Å². The molecule has 0 fully saturated rings. The number of fused-ring (bicyclic) bond motifs is 1. The van der Waals surface area contributed by atoms with Gasteiger partial charge in [0.25, 0.3) is 0 Å². The van der Waals surface area contributed by atoms with Crippen molar-refractivity contribution < 1.29 is 23.4 Å². The van der Waals surface area contributed by atoms with Gasteiger partial charge in [-0.1, -0.05) is 29.3 Å². The third kappa shape index (κ3) is 6.88. The highest BCUT2D eigenvalue weighted by molar-refractivity contribution is 14.1. The van der Waals surface area contributed by atoms with Crippen molar-refractivity contribution in [2.45, 2.75) is 20.5 Å². The quantitative estimate of drug-likeness (QED) is 0.109. The van der Waals surface area contributed by atoms with Crippen LogP contribution in [0.1, 0.15) is 35.5 Å². The van der Waals surface area contributed by atoms with Gasteiger partial charge in [-0.2, -0.15) is 5.10 Å². The highest BCUT2D eigenvalue weighted by Crippen LogP contribution is 2.35. The fourth-order valence-corrected chi connectivity index (χ4v) is 4.71. The van der Waals surface area contributed by atoms with Gasteiger partial charge in [-0.25, -0.2) is 5.43 Å². The largest absolute Gasteiger partial charge is 0.494 e. The predicted octanol–water partition coefficient (Wildman–Crippen LogP) is 7.48. The van der Waals surface area contributed by atoms with Crippen molar-refractivity contribution in [2.24, 2.45) is 5.10 Å². The van der Waals surface area contributed by atoms with Gasteiger partial charge >= 0.3 is 5.91 Å². The molecule has 4 aromatic rings. The van der Waals surface area contributed by atoms with Crippen molar-refractivity contribution in [3.05, 3.63) is 85.1 Å². The third-order valence-electron chi connectivity index (χ3n) is 5.12. The Labute approximate surface area is 237 Å². The summed E-state index contributed by atoms with van der Waals surface area (Å²) in [6.07, 6.45) is 1.53. The Balaban J connectivity index is 1.46. The average Bonchev–Trinajstić information content (AvgIpc) is 3.29. The first kappa shape index (κ1) is 27.1. The minimum Gasteiger partial charge on any atom is -0.494 e. The van der Waals surface area contributed by atoms with Crippen LogP contribution < -0.4 is 19.6 Å². The van der Waals surface area contributed by atoms with E-state index in [1.807, 2.05) is 32.0 Å². The van der Waals surface area contributed by atoms with Gasteiger partial charge in [0, 0.05) is 21.0 Å². The maximum atomic E-state index is 12.6. The first-order valence-electron chi connectivity index (χ1n) is 11.4. The number of amides is 1. The minimum absolute atomic E-state index is 0.148. The lowest BCUT2D eigenvalue weighted by Crippen LogP contribution is -2.16. The molecule has 1 aromatic heterocycles. The molecule has 0 atom stereocenters. The van der Waals surface area contributed by atoms with E-state index >= 15 is 0 Å². The fraction of sp³-hybridized carbons (Fsp3) is 0.185. The monoisotopic (exact) mass is 652 g/mol. The summed E-state index contributed by atoms with van der Waals surface area (Å²) in [6.45, 7) is 5.05. The van der Waals surface area contributed by atoms with Gasteiger partial charge in [0.15, 0.2) is 17.3 Å². The van der Waals surface area contributed by atoms with Crippen LogP contribution in [0.4, 0.5) is 0 Å². The number of hydrogen-bond donors (Lipinski definition) is 1. The molecule has 0 aliphatic rings. The molecule has 3 aromatic carbocycles. The van der Waals surface area contributed by atoms with Gasteiger partial charge in [-0.3, -0.25) is 4.79 Å². The highest BCUT2D eigenvalue weighted by atomic mass is 127. The van der Waals surface area contributed by atoms with Gasteiger partial charge < -0.3 is 18.6 Å². The summed E-state index contributed by atoms with van der Waals surface area (Å²) in [5.41, 5.74) is 4.61. The molecule has 1 amide bonds. The number of nitrogens with zero attached hydrogens (tertiary/aromatic N) is 1. The number of carbonyl (C=O) groups excluding carboxylic acids is 1. The molecule has 1 heterocycles. The van der Waals surface area contributed by atoms with E-state index in [9.17, 15) is 4.79 Å². The van der Waals surface area contributed by atoms with Crippen LogP contribution in [0.3, 0.4) is 0 Å². The molecule has 0 aliphatic carbocycles. The van der Waals surface area contributed by atoms with E-state index in [0.717, 1.165) is 20.1 Å². The zero-order valence-electron chi connectivity index (χ0n) is 20.0. The van der Waals surface area contributed by atoms with Crippen molar-refractivity contribution in [1.29, 1.82) is 0 Å². The zero-order valence-corrected chi connectivity index (χ0v) is 23.7. The summed E-state index contributed by atoms with van der Waals surface area (Å²) in [5, 5.41) is 5.94. The Kier molecular flexibility index (Phi) is 9.18. The molecule has 0 aliphatic heterocycles. The van der Waals surface area contributed by atoms with E-state index in [4.69, 9.17) is 41.8 Å². The van der Waals surface area contributed by atoms with Gasteiger partial charge in [0.05, 0.1) is 23.0 Å². The van der Waals surface area contributed by atoms with Crippen LogP contribution in [0.15, 0.2) is 64.1 Å². The van der Waals surface area contributed by atoms with E-state index in [1.54, 1.807) is 36.4 Å². The number of carbonyl (C=O) groups is 1. The molecular weight excluding hydrogens is 630 g/mol. The summed E-state index contributed by atoms with van der Waals surface area (Å²) in [4.78, 5) is 12.6. The molecule has 0 unspecified atom stereocenters. The molecule has 1 N–H and O–H groups in total. The number of furan rings is 1. The number of hydrazone groups is 1. The van der Waals surface area contributed by atoms with E-state index < -0.39 is 5.91 Å². The maximum Gasteiger partial charge on any atom is 0.307 e. The summed E-state index contributed by atoms with van der Waals surface area (Å²) < 4.78 is 23.8. The lowest BCUT2D eigenvalue weighted by atomic mass is 10.2. The number of nitrogens with one attached hydrogen (secondary N) is 1. The lowest BCUT2D eigenvalue weighted by Gasteiger charge is -2.15. The van der Waals surface area contributed by atoms with E-state index in [0.29, 0.717) is 46.1 Å². The first-order valence-corrected chi connectivity index (χ1v) is 13.2. The first-order chi connectivity index (χ1) is 17.9. The molecule has 0 saturated carbocycles. The Hall–Kier alpha value is -2.95. The topological polar surface area (TPSA) is 82.3 Å². The summed E-state index contributed by atoms with van der Waals surface area (Å²) in [6, 6.07) is 16.0. The van der Waals surface area contributed by atoms with Gasteiger partial charge in [0.1, 0.15) is 17.9 Å². The van der Waals surface area contributed by atoms with Crippen LogP contribution in [0.25, 0.3) is 11.0 Å². The van der Waals surface area contributed by atoms with Crippen molar-refractivity contribution >= 4 is 68.9 Å². The van der Waals surface area contributed by atoms with E-state index in [1.165, 1.54) is 6.21 Å². The number of hydrogen-bond acceptors (Lipinski definition) is 6. The van der Waals surface area contributed by atoms with Crippen LogP contribution in [0.2, 0.25) is 10.0 Å². The molecule has 10 heteroatoms. The number of ether oxygens (including phenoxy) is 3. The van der Waals surface area contributed by atoms with Gasteiger partial charge in [-0.15, -0.1) is 0 Å². The molecule has 0 spiro atoms. The maximum absolute atomic E-state index is 12.6. The van der Waals surface area contributed by atoms with E-state index in [2.05, 4.69) is 33.1 Å². The number of benzene rings is 3. The normalized spacial score (nSPS) is 11.2. The second-order valence-corrected chi connectivity index (χ2v) is 9.74. The molecule has 37 heavy (non-hydrogen) atoms. The Morgan fingerprint density at radius 3 is 2.59 bits per heavy atom. The minimum atomic E-state index is -0.468. The SMILES string of the molecule is CCOc1ccc2oc(C(=O)N/N=C/c3cc(I)c(OCc4ccc(Cl)cc4Cl)c(OCC)c3)cc2c1. The molecule has 0 radical (unpaired) electrons. The second kappa shape index (κ2) is 12.5. The van der Waals surface area contributed by atoms with Crippen LogP contribution in [-0.4, -0.2) is 25.3 Å². The predicted molar refractivity (Wildman–Crippen MR) is 154 cm³/mol. The van der Waals surface area contributed by atoms with Gasteiger partial charge in [-0.05, 0) is 90.5 Å². The van der Waals surface area contributed by atoms with Crippen LogP contribution in [0, 0.1) is 3.57 Å². The molecular formula is C27H23Cl2IN2O5. The Bertz CT molecular complexity index is 1450. The zero-order chi connectivity index (χ0) is 26.4. The summed E-state index contributed by atoms with van der Waals surface area (Å²) in [7, 11) is 0. The highest BCUT2D eigenvalue weighted by Gasteiger charge is 2.15. The van der Waals surface area contributed by atoms with Crippen molar-refractivity contribution in [2.75, 3.05) is 13.2 Å². The molecule has 0 bridgehead atoms. The smallest absolute Gasteiger partial charge is 0.307 e. The van der Waals surface area contributed by atoms with E-state index in [-0.39, 0.29) is 12.4 Å². The van der Waals surface area contributed by atoms with Crippen LogP contribution in [-0.2, 0) is 6.61 Å². The second-order valence-electron chi connectivity index (χ2n) is 7.73. The number of rotatable bonds is 10. The standard InChI is InChI=1S/C27H23Cl2IN2O5/c1-3-34-20-7-8-23-18(11-20)12-25(37-23)27(33)32-31-14-16-9-22(30)26(24(10-16)35-4-2)36-15-17-5-6-19(28)13-21(17)29/h5-14H,3-4,15H2,1-2H3,(H,32,33)/b31-14+. The lowest BCUT2D eigenvalue weighted by molar-refractivity contribution is 0.0929. The summed E-state index contributed by atoms with van der Waals surface area (Å²) in [5.74, 6) is 1.53. The molecule has 192 valence electrons. The average molecular weight is 653 g/mol. The van der Waals surface area contributed by atoms with Gasteiger partial charge in [0.2, 0.25) is 0 Å². The molecule has 0 saturated heterocycles. The van der Waals surface area contributed by atoms with Crippen molar-refractivity contribution in [1.82, 2.24) is 5.43 Å². The Morgan fingerprint density at radius 1 is 1.03 bits per heavy atom.